The molecule has 2 heterocycles. The number of benzene rings is 1. The van der Waals surface area contributed by atoms with Crippen LogP contribution in [0.5, 0.6) is 0 Å². The molecule has 0 atom stereocenters. The van der Waals surface area contributed by atoms with Crippen LogP contribution in [0.25, 0.3) is 17.3 Å². The summed E-state index contributed by atoms with van der Waals surface area (Å²) in [6.07, 6.45) is 5.22. The van der Waals surface area contributed by atoms with Crippen molar-refractivity contribution in [2.45, 2.75) is 13.8 Å². The number of non-ortho nitro benzene ring substituents is 1. The normalized spacial score (nSPS) is 11.2. The summed E-state index contributed by atoms with van der Waals surface area (Å²) < 4.78 is 2.08. The van der Waals surface area contributed by atoms with Gasteiger partial charge in [0.05, 0.1) is 16.6 Å². The predicted molar refractivity (Wildman–Crippen MR) is 99.6 cm³/mol. The average Bonchev–Trinajstić information content (AvgIpc) is 2.93. The van der Waals surface area contributed by atoms with Gasteiger partial charge in [0.15, 0.2) is 0 Å². The quantitative estimate of drug-likeness (QED) is 0.397. The minimum atomic E-state index is -0.464. The molecule has 0 aliphatic heterocycles. The minimum absolute atomic E-state index is 0.0362. The van der Waals surface area contributed by atoms with Crippen LogP contribution in [-0.2, 0) is 0 Å². The van der Waals surface area contributed by atoms with Gasteiger partial charge in [0, 0.05) is 41.6 Å². The highest BCUT2D eigenvalue weighted by atomic mass is 16.6. The summed E-state index contributed by atoms with van der Waals surface area (Å²) in [4.78, 5) is 14.5. The van der Waals surface area contributed by atoms with Crippen LogP contribution in [-0.4, -0.2) is 14.5 Å². The maximum Gasteiger partial charge on any atom is 0.270 e. The standard InChI is InChI=1S/C20H16N4O2/c1-14-10-17(15(2)23(14)19-6-8-22-9-7-19)11-18(13-21)16-4-3-5-20(12-16)24(25)26/h3-12H,1-2H3/b18-11-. The first-order valence-corrected chi connectivity index (χ1v) is 7.97. The monoisotopic (exact) mass is 344 g/mol. The molecule has 2 aromatic heterocycles. The molecule has 0 saturated heterocycles. The van der Waals surface area contributed by atoms with Crippen LogP contribution < -0.4 is 0 Å². The average molecular weight is 344 g/mol. The molecule has 0 N–H and O–H groups in total. The number of aromatic nitrogens is 2. The smallest absolute Gasteiger partial charge is 0.270 e. The third-order valence-corrected chi connectivity index (χ3v) is 4.18. The van der Waals surface area contributed by atoms with Gasteiger partial charge in [0.2, 0.25) is 0 Å². The Hall–Kier alpha value is -3.72. The molecule has 0 fully saturated rings. The molecule has 26 heavy (non-hydrogen) atoms. The van der Waals surface area contributed by atoms with Gasteiger partial charge in [0.1, 0.15) is 0 Å². The van der Waals surface area contributed by atoms with Gasteiger partial charge in [-0.3, -0.25) is 15.1 Å². The van der Waals surface area contributed by atoms with E-state index < -0.39 is 4.92 Å². The Kier molecular flexibility index (Phi) is 4.63. The van der Waals surface area contributed by atoms with Crippen molar-refractivity contribution in [2.75, 3.05) is 0 Å². The molecule has 1 aromatic carbocycles. The van der Waals surface area contributed by atoms with E-state index in [4.69, 9.17) is 0 Å². The van der Waals surface area contributed by atoms with E-state index >= 15 is 0 Å². The Morgan fingerprint density at radius 1 is 1.23 bits per heavy atom. The number of nitrogens with zero attached hydrogens (tertiary/aromatic N) is 4. The summed E-state index contributed by atoms with van der Waals surface area (Å²) in [5.74, 6) is 0. The molecule has 6 heteroatoms. The molecule has 6 nitrogen and oxygen atoms in total. The summed E-state index contributed by atoms with van der Waals surface area (Å²) in [6, 6.07) is 14.1. The molecule has 0 unspecified atom stereocenters. The lowest BCUT2D eigenvalue weighted by Crippen LogP contribution is -1.98. The summed E-state index contributed by atoms with van der Waals surface area (Å²) in [7, 11) is 0. The lowest BCUT2D eigenvalue weighted by molar-refractivity contribution is -0.384. The third kappa shape index (κ3) is 3.23. The van der Waals surface area contributed by atoms with Crippen LogP contribution in [0.1, 0.15) is 22.5 Å². The summed E-state index contributed by atoms with van der Waals surface area (Å²) >= 11 is 0. The second kappa shape index (κ2) is 7.03. The first kappa shape index (κ1) is 17.1. The third-order valence-electron chi connectivity index (χ3n) is 4.18. The number of aryl methyl sites for hydroxylation is 1. The van der Waals surface area contributed by atoms with E-state index in [0.29, 0.717) is 11.1 Å². The van der Waals surface area contributed by atoms with Gasteiger partial charge in [0.25, 0.3) is 5.69 Å². The Morgan fingerprint density at radius 2 is 1.96 bits per heavy atom. The van der Waals surface area contributed by atoms with Crippen molar-refractivity contribution in [2.24, 2.45) is 0 Å². The van der Waals surface area contributed by atoms with Crippen LogP contribution in [0.3, 0.4) is 0 Å². The van der Waals surface area contributed by atoms with Crippen molar-refractivity contribution in [3.05, 3.63) is 87.5 Å². The number of nitriles is 1. The van der Waals surface area contributed by atoms with E-state index in [2.05, 4.69) is 15.6 Å². The van der Waals surface area contributed by atoms with Crippen LogP contribution in [0, 0.1) is 35.3 Å². The van der Waals surface area contributed by atoms with Gasteiger partial charge < -0.3 is 4.57 Å². The number of hydrogen-bond donors (Lipinski definition) is 0. The van der Waals surface area contributed by atoms with Crippen LogP contribution in [0.4, 0.5) is 5.69 Å². The minimum Gasteiger partial charge on any atom is -0.318 e. The van der Waals surface area contributed by atoms with E-state index in [9.17, 15) is 15.4 Å². The number of hydrogen-bond acceptors (Lipinski definition) is 4. The zero-order valence-corrected chi connectivity index (χ0v) is 14.4. The first-order valence-electron chi connectivity index (χ1n) is 7.97. The van der Waals surface area contributed by atoms with Crippen molar-refractivity contribution in [3.63, 3.8) is 0 Å². The summed E-state index contributed by atoms with van der Waals surface area (Å²) in [6.45, 7) is 3.96. The second-order valence-corrected chi connectivity index (χ2v) is 5.84. The second-order valence-electron chi connectivity index (χ2n) is 5.84. The highest BCUT2D eigenvalue weighted by Crippen LogP contribution is 2.26. The van der Waals surface area contributed by atoms with Crippen molar-refractivity contribution < 1.29 is 4.92 Å². The fourth-order valence-corrected chi connectivity index (χ4v) is 2.95. The zero-order chi connectivity index (χ0) is 18.7. The molecule has 0 bridgehead atoms. The fraction of sp³-hybridized carbons (Fsp3) is 0.100. The summed E-state index contributed by atoms with van der Waals surface area (Å²) in [5, 5.41) is 20.5. The topological polar surface area (TPSA) is 84.7 Å². The lowest BCUT2D eigenvalue weighted by atomic mass is 10.0. The van der Waals surface area contributed by atoms with E-state index in [-0.39, 0.29) is 5.69 Å². The van der Waals surface area contributed by atoms with Crippen molar-refractivity contribution in [3.8, 4) is 11.8 Å². The highest BCUT2D eigenvalue weighted by Gasteiger charge is 2.12. The lowest BCUT2D eigenvalue weighted by Gasteiger charge is -2.09. The molecule has 0 saturated carbocycles. The molecule has 0 aliphatic rings. The highest BCUT2D eigenvalue weighted by molar-refractivity contribution is 5.90. The molecule has 3 rings (SSSR count). The molecule has 3 aromatic rings. The van der Waals surface area contributed by atoms with Crippen LogP contribution in [0.15, 0.2) is 54.9 Å². The molecule has 0 spiro atoms. The van der Waals surface area contributed by atoms with Gasteiger partial charge in [-0.05, 0) is 49.2 Å². The van der Waals surface area contributed by atoms with Crippen molar-refractivity contribution in [1.29, 1.82) is 5.26 Å². The number of rotatable bonds is 4. The number of nitro benzene ring substituents is 1. The predicted octanol–water partition coefficient (Wildman–Crippen LogP) is 4.46. The van der Waals surface area contributed by atoms with E-state index in [1.54, 1.807) is 30.6 Å². The summed E-state index contributed by atoms with van der Waals surface area (Å²) in [5.41, 5.74) is 4.75. The van der Waals surface area contributed by atoms with Gasteiger partial charge >= 0.3 is 0 Å². The fourth-order valence-electron chi connectivity index (χ4n) is 2.95. The Morgan fingerprint density at radius 3 is 2.62 bits per heavy atom. The first-order chi connectivity index (χ1) is 12.5. The van der Waals surface area contributed by atoms with Gasteiger partial charge in [-0.15, -0.1) is 0 Å². The van der Waals surface area contributed by atoms with E-state index in [1.165, 1.54) is 12.1 Å². The number of nitro groups is 1. The van der Waals surface area contributed by atoms with Crippen molar-refractivity contribution >= 4 is 17.3 Å². The molecule has 0 amide bonds. The Bertz CT molecular complexity index is 1040. The Labute approximate surface area is 150 Å². The molecule has 0 aliphatic carbocycles. The molecular formula is C20H16N4O2. The van der Waals surface area contributed by atoms with Gasteiger partial charge in [-0.25, -0.2) is 0 Å². The van der Waals surface area contributed by atoms with E-state index in [0.717, 1.165) is 22.6 Å². The van der Waals surface area contributed by atoms with Crippen LogP contribution in [0.2, 0.25) is 0 Å². The molecular weight excluding hydrogens is 328 g/mol. The maximum atomic E-state index is 11.0. The van der Waals surface area contributed by atoms with E-state index in [1.807, 2.05) is 32.0 Å². The number of pyridine rings is 1. The van der Waals surface area contributed by atoms with Gasteiger partial charge in [-0.2, -0.15) is 5.26 Å². The SMILES string of the molecule is Cc1cc(/C=C(/C#N)c2cccc([N+](=O)[O-])c2)c(C)n1-c1ccncc1. The van der Waals surface area contributed by atoms with Gasteiger partial charge in [-0.1, -0.05) is 12.1 Å². The van der Waals surface area contributed by atoms with Crippen molar-refractivity contribution in [1.82, 2.24) is 9.55 Å². The maximum absolute atomic E-state index is 11.0. The molecule has 0 radical (unpaired) electrons. The zero-order valence-electron chi connectivity index (χ0n) is 14.4. The Balaban J connectivity index is 2.08. The largest absolute Gasteiger partial charge is 0.318 e. The van der Waals surface area contributed by atoms with Crippen LogP contribution >= 0.6 is 0 Å². The molecule has 128 valence electrons. The number of allylic oxidation sites excluding steroid dienone is 1.